The molecule has 0 saturated carbocycles. The quantitative estimate of drug-likeness (QED) is 0.455. The number of nitrogens with one attached hydrogen (secondary N) is 2. The molecule has 2 aliphatic rings. The Kier molecular flexibility index (Phi) is 6.45. The first-order valence-electron chi connectivity index (χ1n) is 11.3. The molecule has 0 unspecified atom stereocenters. The Morgan fingerprint density at radius 2 is 2.03 bits per heavy atom. The van der Waals surface area contributed by atoms with Crippen molar-refractivity contribution < 1.29 is 19.4 Å². The number of methoxy groups -OCH3 is 1. The van der Waals surface area contributed by atoms with Crippen LogP contribution >= 0.6 is 0 Å². The van der Waals surface area contributed by atoms with E-state index in [2.05, 4.69) is 41.0 Å². The SMILES string of the molecule is COc1cc(NC2=NCC(c3cncc(C(=O)O)c3)=C(N3CCOCC3)N2)cc(-n2nnnc2C)c1. The minimum atomic E-state index is -1.03. The molecular weight excluding hydrogens is 466 g/mol. The molecule has 4 heterocycles. The lowest BCUT2D eigenvalue weighted by molar-refractivity contribution is 0.0518. The molecule has 13 heteroatoms. The fourth-order valence-electron chi connectivity index (χ4n) is 4.04. The van der Waals surface area contributed by atoms with E-state index in [1.54, 1.807) is 24.1 Å². The molecule has 13 nitrogen and oxygen atoms in total. The lowest BCUT2D eigenvalue weighted by atomic mass is 10.0. The average Bonchev–Trinajstić information content (AvgIpc) is 3.35. The molecule has 1 saturated heterocycles. The van der Waals surface area contributed by atoms with E-state index < -0.39 is 5.97 Å². The summed E-state index contributed by atoms with van der Waals surface area (Å²) >= 11 is 0. The first-order chi connectivity index (χ1) is 17.5. The molecule has 0 radical (unpaired) electrons. The standard InChI is InChI=1S/C23H25N9O4/c1-14-28-29-30-32(14)18-8-17(9-19(10-18)35-2)26-23-25-13-20(15-7-16(22(33)34)12-24-11-15)21(27-23)31-3-5-36-6-4-31/h7-12H,3-6,13H2,1-2H3,(H,33,34)(H2,25,26,27). The largest absolute Gasteiger partial charge is 0.497 e. The summed E-state index contributed by atoms with van der Waals surface area (Å²) in [5, 5.41) is 27.8. The number of hydrogen-bond acceptors (Lipinski definition) is 11. The maximum atomic E-state index is 11.5. The van der Waals surface area contributed by atoms with Crippen molar-refractivity contribution in [3.8, 4) is 11.4 Å². The molecule has 1 fully saturated rings. The van der Waals surface area contributed by atoms with Crippen LogP contribution in [0.2, 0.25) is 0 Å². The summed E-state index contributed by atoms with van der Waals surface area (Å²) in [5.41, 5.74) is 3.14. The number of carbonyl (C=O) groups is 1. The van der Waals surface area contributed by atoms with Gasteiger partial charge in [-0.05, 0) is 29.5 Å². The third-order valence-corrected chi connectivity index (χ3v) is 5.84. The highest BCUT2D eigenvalue weighted by atomic mass is 16.5. The van der Waals surface area contributed by atoms with Crippen LogP contribution in [-0.2, 0) is 4.74 Å². The number of ether oxygens (including phenoxy) is 2. The first-order valence-corrected chi connectivity index (χ1v) is 11.3. The summed E-state index contributed by atoms with van der Waals surface area (Å²) < 4.78 is 12.6. The third kappa shape index (κ3) is 4.81. The Labute approximate surface area is 206 Å². The van der Waals surface area contributed by atoms with Crippen molar-refractivity contribution in [1.29, 1.82) is 0 Å². The highest BCUT2D eigenvalue weighted by molar-refractivity contribution is 5.98. The van der Waals surface area contributed by atoms with Crippen molar-refractivity contribution in [2.45, 2.75) is 6.92 Å². The molecule has 3 N–H and O–H groups in total. The number of aromatic nitrogens is 5. The van der Waals surface area contributed by atoms with Gasteiger partial charge in [0.1, 0.15) is 11.6 Å². The molecule has 2 aliphatic heterocycles. The molecule has 3 aromatic rings. The van der Waals surface area contributed by atoms with Crippen LogP contribution in [0.5, 0.6) is 5.75 Å². The molecule has 186 valence electrons. The maximum Gasteiger partial charge on any atom is 0.337 e. The predicted octanol–water partition coefficient (Wildman–Crippen LogP) is 1.14. The smallest absolute Gasteiger partial charge is 0.337 e. The molecule has 0 bridgehead atoms. The van der Waals surface area contributed by atoms with Gasteiger partial charge in [0.05, 0.1) is 38.1 Å². The second-order valence-electron chi connectivity index (χ2n) is 8.17. The van der Waals surface area contributed by atoms with Gasteiger partial charge >= 0.3 is 5.97 Å². The Hall–Kier alpha value is -4.52. The molecule has 0 atom stereocenters. The number of anilines is 1. The Morgan fingerprint density at radius 3 is 2.75 bits per heavy atom. The number of rotatable bonds is 6. The predicted molar refractivity (Wildman–Crippen MR) is 130 cm³/mol. The highest BCUT2D eigenvalue weighted by Crippen LogP contribution is 2.27. The lowest BCUT2D eigenvalue weighted by Crippen LogP contribution is -2.46. The fourth-order valence-corrected chi connectivity index (χ4v) is 4.04. The molecule has 2 aromatic heterocycles. The minimum Gasteiger partial charge on any atom is -0.497 e. The van der Waals surface area contributed by atoms with E-state index in [0.717, 1.165) is 22.8 Å². The number of aryl methyl sites for hydroxylation is 1. The normalized spacial score (nSPS) is 15.8. The molecule has 0 spiro atoms. The topological polar surface area (TPSA) is 152 Å². The van der Waals surface area contributed by atoms with E-state index >= 15 is 0 Å². The number of hydrogen-bond donors (Lipinski definition) is 3. The van der Waals surface area contributed by atoms with Crippen molar-refractivity contribution in [3.63, 3.8) is 0 Å². The lowest BCUT2D eigenvalue weighted by Gasteiger charge is -2.35. The van der Waals surface area contributed by atoms with E-state index in [1.165, 1.54) is 6.20 Å². The first kappa shape index (κ1) is 23.2. The average molecular weight is 492 g/mol. The number of aliphatic imine (C=N–C) groups is 1. The second kappa shape index (κ2) is 10.00. The van der Waals surface area contributed by atoms with Gasteiger partial charge in [0.25, 0.3) is 0 Å². The number of carboxylic acids is 1. The van der Waals surface area contributed by atoms with Crippen LogP contribution in [0.25, 0.3) is 11.3 Å². The zero-order valence-electron chi connectivity index (χ0n) is 19.8. The summed E-state index contributed by atoms with van der Waals surface area (Å²) in [6.45, 7) is 4.71. The Balaban J connectivity index is 1.45. The van der Waals surface area contributed by atoms with Crippen LogP contribution in [0.1, 0.15) is 21.7 Å². The van der Waals surface area contributed by atoms with Crippen molar-refractivity contribution in [3.05, 3.63) is 59.4 Å². The third-order valence-electron chi connectivity index (χ3n) is 5.84. The number of benzene rings is 1. The van der Waals surface area contributed by atoms with E-state index in [9.17, 15) is 9.90 Å². The van der Waals surface area contributed by atoms with Crippen molar-refractivity contribution in [1.82, 2.24) is 35.4 Å². The van der Waals surface area contributed by atoms with E-state index in [1.807, 2.05) is 25.1 Å². The van der Waals surface area contributed by atoms with Crippen molar-refractivity contribution >= 4 is 23.2 Å². The molecule has 1 aromatic carbocycles. The number of pyridine rings is 1. The summed E-state index contributed by atoms with van der Waals surface area (Å²) in [6.07, 6.45) is 2.99. The van der Waals surface area contributed by atoms with Crippen LogP contribution < -0.4 is 15.4 Å². The number of carboxylic acid groups (broad SMARTS) is 1. The van der Waals surface area contributed by atoms with Crippen LogP contribution in [0, 0.1) is 6.92 Å². The molecule has 36 heavy (non-hydrogen) atoms. The fraction of sp³-hybridized carbons (Fsp3) is 0.304. The summed E-state index contributed by atoms with van der Waals surface area (Å²) in [7, 11) is 1.59. The van der Waals surface area contributed by atoms with Crippen molar-refractivity contribution in [2.75, 3.05) is 45.3 Å². The van der Waals surface area contributed by atoms with E-state index in [4.69, 9.17) is 9.47 Å². The van der Waals surface area contributed by atoms with Crippen LogP contribution in [0.15, 0.2) is 47.5 Å². The van der Waals surface area contributed by atoms with Crippen LogP contribution in [0.3, 0.4) is 0 Å². The van der Waals surface area contributed by atoms with Gasteiger partial charge in [-0.3, -0.25) is 4.98 Å². The van der Waals surface area contributed by atoms with Gasteiger partial charge in [0.2, 0.25) is 5.96 Å². The van der Waals surface area contributed by atoms with Crippen LogP contribution in [-0.4, -0.2) is 87.1 Å². The number of nitrogens with zero attached hydrogens (tertiary/aromatic N) is 7. The molecule has 0 aliphatic carbocycles. The van der Waals surface area contributed by atoms with Gasteiger partial charge in [0, 0.05) is 54.4 Å². The van der Waals surface area contributed by atoms with Gasteiger partial charge in [-0.15, -0.1) is 5.10 Å². The van der Waals surface area contributed by atoms with E-state index in [-0.39, 0.29) is 5.56 Å². The number of aromatic carboxylic acids is 1. The Bertz CT molecular complexity index is 1340. The Morgan fingerprint density at radius 1 is 1.19 bits per heavy atom. The second-order valence-corrected chi connectivity index (χ2v) is 8.17. The number of tetrazole rings is 1. The molecule has 0 amide bonds. The monoisotopic (exact) mass is 491 g/mol. The van der Waals surface area contributed by atoms with Gasteiger partial charge in [-0.1, -0.05) is 0 Å². The van der Waals surface area contributed by atoms with Crippen molar-refractivity contribution in [2.24, 2.45) is 4.99 Å². The zero-order chi connectivity index (χ0) is 25.1. The summed E-state index contributed by atoms with van der Waals surface area (Å²) in [5.74, 6) is 1.61. The van der Waals surface area contributed by atoms with Gasteiger partial charge in [0.15, 0.2) is 5.82 Å². The number of morpholine rings is 1. The molecular formula is C23H25N9O4. The number of guanidine groups is 1. The summed E-state index contributed by atoms with van der Waals surface area (Å²) in [6, 6.07) is 7.19. The van der Waals surface area contributed by atoms with Gasteiger partial charge in [-0.2, -0.15) is 4.68 Å². The van der Waals surface area contributed by atoms with Gasteiger partial charge in [-0.25, -0.2) is 9.79 Å². The minimum absolute atomic E-state index is 0.121. The van der Waals surface area contributed by atoms with Gasteiger partial charge < -0.3 is 30.1 Å². The maximum absolute atomic E-state index is 11.5. The van der Waals surface area contributed by atoms with E-state index in [0.29, 0.717) is 55.9 Å². The zero-order valence-corrected chi connectivity index (χ0v) is 19.8. The molecule has 5 rings (SSSR count). The summed E-state index contributed by atoms with van der Waals surface area (Å²) in [4.78, 5) is 22.5. The highest BCUT2D eigenvalue weighted by Gasteiger charge is 2.24. The van der Waals surface area contributed by atoms with Crippen LogP contribution in [0.4, 0.5) is 5.69 Å².